The molecular formula is C20H21N7O. The van der Waals surface area contributed by atoms with Crippen molar-refractivity contribution in [2.24, 2.45) is 0 Å². The average Bonchev–Trinajstić information content (AvgIpc) is 2.77. The lowest BCUT2D eigenvalue weighted by Gasteiger charge is -2.24. The van der Waals surface area contributed by atoms with E-state index in [1.807, 2.05) is 24.3 Å². The second-order valence-electron chi connectivity index (χ2n) is 6.48. The van der Waals surface area contributed by atoms with Gasteiger partial charge in [-0.15, -0.1) is 0 Å². The summed E-state index contributed by atoms with van der Waals surface area (Å²) in [5.74, 6) is 0.658. The fourth-order valence-corrected chi connectivity index (χ4v) is 3.22. The van der Waals surface area contributed by atoms with Crippen LogP contribution in [0, 0.1) is 11.3 Å². The Hall–Kier alpha value is -3.28. The molecular weight excluding hydrogens is 354 g/mol. The predicted octanol–water partition coefficient (Wildman–Crippen LogP) is 2.01. The van der Waals surface area contributed by atoms with Crippen LogP contribution < -0.4 is 16.0 Å². The summed E-state index contributed by atoms with van der Waals surface area (Å²) in [6, 6.07) is 9.76. The van der Waals surface area contributed by atoms with Crippen molar-refractivity contribution in [1.29, 1.82) is 5.26 Å². The third kappa shape index (κ3) is 3.71. The van der Waals surface area contributed by atoms with E-state index < -0.39 is 0 Å². The molecule has 1 fully saturated rings. The van der Waals surface area contributed by atoms with Crippen molar-refractivity contribution in [3.05, 3.63) is 42.2 Å². The lowest BCUT2D eigenvalue weighted by Crippen LogP contribution is -2.42. The van der Waals surface area contributed by atoms with E-state index in [0.29, 0.717) is 30.0 Å². The molecule has 2 aromatic heterocycles. The monoisotopic (exact) mass is 375 g/mol. The second kappa shape index (κ2) is 8.17. The molecule has 4 rings (SSSR count). The maximum atomic E-state index is 9.41. The molecule has 0 aliphatic carbocycles. The largest absolute Gasteiger partial charge is 0.387 e. The highest BCUT2D eigenvalue weighted by molar-refractivity contribution is 5.88. The van der Waals surface area contributed by atoms with E-state index in [9.17, 15) is 5.26 Å². The maximum Gasteiger partial charge on any atom is 0.154 e. The number of nitriles is 1. The van der Waals surface area contributed by atoms with Crippen LogP contribution in [0.4, 0.5) is 11.5 Å². The normalized spacial score (nSPS) is 16.5. The molecule has 3 aromatic rings. The molecule has 8 heteroatoms. The molecule has 1 atom stereocenters. The van der Waals surface area contributed by atoms with Gasteiger partial charge < -0.3 is 20.7 Å². The molecule has 1 unspecified atom stereocenters. The number of morpholine rings is 1. The van der Waals surface area contributed by atoms with Crippen molar-refractivity contribution in [3.63, 3.8) is 0 Å². The topological polar surface area (TPSA) is 108 Å². The minimum Gasteiger partial charge on any atom is -0.387 e. The molecule has 0 bridgehead atoms. The molecule has 3 heterocycles. The number of pyridine rings is 1. The molecule has 3 N–H and O–H groups in total. The number of fused-ring (bicyclic) bond motifs is 1. The smallest absolute Gasteiger partial charge is 0.154 e. The van der Waals surface area contributed by atoms with Gasteiger partial charge in [0.25, 0.3) is 0 Å². The number of hydrogen-bond donors (Lipinski definition) is 3. The van der Waals surface area contributed by atoms with Crippen molar-refractivity contribution < 1.29 is 4.74 Å². The zero-order valence-corrected chi connectivity index (χ0v) is 15.6. The van der Waals surface area contributed by atoms with E-state index in [0.717, 1.165) is 35.6 Å². The van der Waals surface area contributed by atoms with Gasteiger partial charge in [0.05, 0.1) is 35.2 Å². The Morgan fingerprint density at radius 3 is 2.96 bits per heavy atom. The van der Waals surface area contributed by atoms with Crippen LogP contribution in [0.2, 0.25) is 0 Å². The first kappa shape index (κ1) is 18.1. The molecule has 1 aliphatic heterocycles. The first-order valence-corrected chi connectivity index (χ1v) is 9.18. The molecule has 1 aliphatic rings. The van der Waals surface area contributed by atoms with Gasteiger partial charge in [-0.05, 0) is 18.2 Å². The number of anilines is 2. The summed E-state index contributed by atoms with van der Waals surface area (Å²) in [4.78, 5) is 13.6. The molecule has 1 saturated heterocycles. The van der Waals surface area contributed by atoms with Gasteiger partial charge in [0.2, 0.25) is 0 Å². The molecule has 0 radical (unpaired) electrons. The number of hydrogen-bond acceptors (Lipinski definition) is 8. The SMILES string of the molecule is CNc1ccc(-c2cc3nccnc3c(NCC3CNCCO3)n2)cc1C#N. The fraction of sp³-hybridized carbons (Fsp3) is 0.300. The zero-order chi connectivity index (χ0) is 19.3. The van der Waals surface area contributed by atoms with Gasteiger partial charge in [-0.3, -0.25) is 4.98 Å². The Morgan fingerprint density at radius 1 is 1.29 bits per heavy atom. The molecule has 28 heavy (non-hydrogen) atoms. The van der Waals surface area contributed by atoms with Crippen molar-refractivity contribution in [3.8, 4) is 17.3 Å². The zero-order valence-electron chi connectivity index (χ0n) is 15.6. The highest BCUT2D eigenvalue weighted by Crippen LogP contribution is 2.28. The Morgan fingerprint density at radius 2 is 2.18 bits per heavy atom. The second-order valence-corrected chi connectivity index (χ2v) is 6.48. The van der Waals surface area contributed by atoms with Gasteiger partial charge >= 0.3 is 0 Å². The molecule has 0 spiro atoms. The number of nitrogens with zero attached hydrogens (tertiary/aromatic N) is 4. The van der Waals surface area contributed by atoms with E-state index in [1.165, 1.54) is 0 Å². The number of rotatable bonds is 5. The fourth-order valence-electron chi connectivity index (χ4n) is 3.22. The van der Waals surface area contributed by atoms with Gasteiger partial charge in [0, 0.05) is 44.6 Å². The van der Waals surface area contributed by atoms with Crippen molar-refractivity contribution in [2.75, 3.05) is 43.9 Å². The van der Waals surface area contributed by atoms with Crippen LogP contribution >= 0.6 is 0 Å². The third-order valence-corrected chi connectivity index (χ3v) is 4.66. The van der Waals surface area contributed by atoms with Crippen molar-refractivity contribution in [2.45, 2.75) is 6.10 Å². The number of nitrogens with one attached hydrogen (secondary N) is 3. The van der Waals surface area contributed by atoms with E-state index in [-0.39, 0.29) is 6.10 Å². The first-order valence-electron chi connectivity index (χ1n) is 9.18. The van der Waals surface area contributed by atoms with E-state index >= 15 is 0 Å². The summed E-state index contributed by atoms with van der Waals surface area (Å²) >= 11 is 0. The standard InChI is InChI=1S/C20H21N7O/c1-22-16-3-2-13(8-14(16)10-21)17-9-18-19(25-5-4-24-18)20(27-17)26-12-15-11-23-6-7-28-15/h2-5,8-9,15,22-23H,6-7,11-12H2,1H3,(H,26,27). The lowest BCUT2D eigenvalue weighted by atomic mass is 10.1. The lowest BCUT2D eigenvalue weighted by molar-refractivity contribution is 0.0372. The molecule has 0 amide bonds. The minimum absolute atomic E-state index is 0.0750. The quantitative estimate of drug-likeness (QED) is 0.622. The number of benzene rings is 1. The van der Waals surface area contributed by atoms with E-state index in [2.05, 4.69) is 32.0 Å². The molecule has 0 saturated carbocycles. The molecule has 1 aromatic carbocycles. The molecule has 142 valence electrons. The van der Waals surface area contributed by atoms with Crippen LogP contribution in [0.3, 0.4) is 0 Å². The van der Waals surface area contributed by atoms with Gasteiger partial charge in [-0.1, -0.05) is 6.07 Å². The van der Waals surface area contributed by atoms with Gasteiger partial charge in [-0.25, -0.2) is 9.97 Å². The average molecular weight is 375 g/mol. The summed E-state index contributed by atoms with van der Waals surface area (Å²) in [6.07, 6.45) is 3.39. The van der Waals surface area contributed by atoms with Crippen LogP contribution in [0.5, 0.6) is 0 Å². The van der Waals surface area contributed by atoms with Gasteiger partial charge in [0.15, 0.2) is 5.82 Å². The van der Waals surface area contributed by atoms with Crippen LogP contribution in [0.15, 0.2) is 36.7 Å². The van der Waals surface area contributed by atoms with Crippen molar-refractivity contribution in [1.82, 2.24) is 20.3 Å². The highest BCUT2D eigenvalue weighted by atomic mass is 16.5. The Kier molecular flexibility index (Phi) is 5.28. The summed E-state index contributed by atoms with van der Waals surface area (Å²) in [7, 11) is 1.80. The maximum absolute atomic E-state index is 9.41. The first-order chi connectivity index (χ1) is 13.8. The minimum atomic E-state index is 0.0750. The van der Waals surface area contributed by atoms with Crippen LogP contribution in [0.1, 0.15) is 5.56 Å². The summed E-state index contributed by atoms with van der Waals surface area (Å²) < 4.78 is 5.75. The molecule has 8 nitrogen and oxygen atoms in total. The van der Waals surface area contributed by atoms with E-state index in [1.54, 1.807) is 19.4 Å². The van der Waals surface area contributed by atoms with Crippen LogP contribution in [-0.2, 0) is 4.74 Å². The van der Waals surface area contributed by atoms with E-state index in [4.69, 9.17) is 9.72 Å². The predicted molar refractivity (Wildman–Crippen MR) is 108 cm³/mol. The Balaban J connectivity index is 1.70. The summed E-state index contributed by atoms with van der Waals surface area (Å²) in [5.41, 5.74) is 4.39. The van der Waals surface area contributed by atoms with Gasteiger partial charge in [0.1, 0.15) is 11.6 Å². The highest BCUT2D eigenvalue weighted by Gasteiger charge is 2.16. The Bertz CT molecular complexity index is 1020. The van der Waals surface area contributed by atoms with Crippen LogP contribution in [-0.4, -0.2) is 54.3 Å². The Labute approximate surface area is 163 Å². The summed E-state index contributed by atoms with van der Waals surface area (Å²) in [6.45, 7) is 3.00. The number of aromatic nitrogens is 3. The van der Waals surface area contributed by atoms with Crippen LogP contribution in [0.25, 0.3) is 22.3 Å². The summed E-state index contributed by atoms with van der Waals surface area (Å²) in [5, 5.41) is 19.1. The van der Waals surface area contributed by atoms with Crippen molar-refractivity contribution >= 4 is 22.5 Å². The number of ether oxygens (including phenoxy) is 1. The third-order valence-electron chi connectivity index (χ3n) is 4.66. The van der Waals surface area contributed by atoms with Gasteiger partial charge in [-0.2, -0.15) is 5.26 Å².